The fraction of sp³-hybridized carbons (Fsp3) is 0.462. The molecule has 3 atom stereocenters. The average Bonchev–Trinajstić information content (AvgIpc) is 2.59. The van der Waals surface area contributed by atoms with Crippen molar-refractivity contribution in [1.29, 1.82) is 0 Å². The molecule has 0 saturated heterocycles. The van der Waals surface area contributed by atoms with Gasteiger partial charge in [0.1, 0.15) is 0 Å². The number of aliphatic hydroxyl groups excluding tert-OH is 1. The molecule has 0 heterocycles. The van der Waals surface area contributed by atoms with Crippen LogP contribution in [0.15, 0.2) is 30.3 Å². The molecule has 0 spiro atoms. The van der Waals surface area contributed by atoms with E-state index in [9.17, 15) is 15.0 Å². The topological polar surface area (TPSA) is 57.5 Å². The van der Waals surface area contributed by atoms with Gasteiger partial charge < -0.3 is 10.2 Å². The fourth-order valence-electron chi connectivity index (χ4n) is 2.75. The lowest BCUT2D eigenvalue weighted by Crippen LogP contribution is -2.40. The Morgan fingerprint density at radius 3 is 2.44 bits per heavy atom. The number of aliphatic carboxylic acids is 1. The van der Waals surface area contributed by atoms with Crippen LogP contribution in [0.1, 0.15) is 25.3 Å². The lowest BCUT2D eigenvalue weighted by molar-refractivity contribution is -0.146. The van der Waals surface area contributed by atoms with Gasteiger partial charge in [-0.25, -0.2) is 0 Å². The number of hydrogen-bond acceptors (Lipinski definition) is 2. The first-order valence-corrected chi connectivity index (χ1v) is 5.56. The minimum Gasteiger partial charge on any atom is -0.481 e. The van der Waals surface area contributed by atoms with Gasteiger partial charge in [0.15, 0.2) is 0 Å². The van der Waals surface area contributed by atoms with Crippen molar-refractivity contribution < 1.29 is 15.0 Å². The molecule has 0 amide bonds. The van der Waals surface area contributed by atoms with Crippen LogP contribution < -0.4 is 0 Å². The quantitative estimate of drug-likeness (QED) is 0.799. The summed E-state index contributed by atoms with van der Waals surface area (Å²) in [5.74, 6) is -1.07. The summed E-state index contributed by atoms with van der Waals surface area (Å²) in [6, 6.07) is 9.23. The van der Waals surface area contributed by atoms with Gasteiger partial charge in [0, 0.05) is 5.92 Å². The van der Waals surface area contributed by atoms with E-state index in [0.29, 0.717) is 12.8 Å². The van der Waals surface area contributed by atoms with Crippen molar-refractivity contribution in [3.63, 3.8) is 0 Å². The molecule has 0 aliphatic heterocycles. The zero-order valence-electron chi connectivity index (χ0n) is 9.26. The molecule has 16 heavy (non-hydrogen) atoms. The van der Waals surface area contributed by atoms with Crippen LogP contribution in [-0.4, -0.2) is 22.3 Å². The first-order chi connectivity index (χ1) is 7.59. The SMILES string of the molecule is C[C@H]1[C@@H](O)CC[C@]1(C(=O)O)c1ccccc1. The summed E-state index contributed by atoms with van der Waals surface area (Å²) in [6.45, 7) is 1.82. The lowest BCUT2D eigenvalue weighted by atomic mass is 9.72. The van der Waals surface area contributed by atoms with E-state index in [4.69, 9.17) is 0 Å². The Labute approximate surface area is 94.7 Å². The highest BCUT2D eigenvalue weighted by Crippen LogP contribution is 2.45. The first kappa shape index (κ1) is 11.1. The molecule has 0 bridgehead atoms. The molecule has 86 valence electrons. The summed E-state index contributed by atoms with van der Waals surface area (Å²) >= 11 is 0. The third-order valence-corrected chi connectivity index (χ3v) is 3.86. The molecule has 3 nitrogen and oxygen atoms in total. The molecule has 2 N–H and O–H groups in total. The van der Waals surface area contributed by atoms with Crippen LogP contribution in [0, 0.1) is 5.92 Å². The second-order valence-electron chi connectivity index (χ2n) is 4.54. The maximum Gasteiger partial charge on any atom is 0.314 e. The maximum absolute atomic E-state index is 11.6. The summed E-state index contributed by atoms with van der Waals surface area (Å²) in [5.41, 5.74) is -0.118. The van der Waals surface area contributed by atoms with E-state index in [1.165, 1.54) is 0 Å². The molecule has 1 aliphatic rings. The third-order valence-electron chi connectivity index (χ3n) is 3.86. The average molecular weight is 220 g/mol. The summed E-state index contributed by atoms with van der Waals surface area (Å²) in [6.07, 6.45) is 0.549. The van der Waals surface area contributed by atoms with E-state index >= 15 is 0 Å². The van der Waals surface area contributed by atoms with Crippen LogP contribution in [0.25, 0.3) is 0 Å². The third kappa shape index (κ3) is 1.43. The van der Waals surface area contributed by atoms with E-state index in [-0.39, 0.29) is 5.92 Å². The molecule has 1 saturated carbocycles. The number of carbonyl (C=O) groups is 1. The summed E-state index contributed by atoms with van der Waals surface area (Å²) in [4.78, 5) is 11.6. The second kappa shape index (κ2) is 3.91. The molecule has 2 rings (SSSR count). The Bertz CT molecular complexity index is 387. The minimum absolute atomic E-state index is 0.243. The van der Waals surface area contributed by atoms with E-state index in [2.05, 4.69) is 0 Å². The Balaban J connectivity index is 2.50. The molecule has 0 radical (unpaired) electrons. The number of carboxylic acids is 1. The van der Waals surface area contributed by atoms with Gasteiger partial charge >= 0.3 is 5.97 Å². The summed E-state index contributed by atoms with van der Waals surface area (Å²) < 4.78 is 0. The number of carboxylic acid groups (broad SMARTS) is 1. The molecule has 1 aromatic carbocycles. The number of aliphatic hydroxyl groups is 1. The van der Waals surface area contributed by atoms with E-state index in [0.717, 1.165) is 5.56 Å². The molecule has 0 aromatic heterocycles. The monoisotopic (exact) mass is 220 g/mol. The van der Waals surface area contributed by atoms with Gasteiger partial charge in [-0.05, 0) is 18.4 Å². The number of hydrogen-bond donors (Lipinski definition) is 2. The smallest absolute Gasteiger partial charge is 0.314 e. The lowest BCUT2D eigenvalue weighted by Gasteiger charge is -2.30. The Kier molecular flexibility index (Phi) is 2.72. The van der Waals surface area contributed by atoms with Crippen molar-refractivity contribution in [1.82, 2.24) is 0 Å². The van der Waals surface area contributed by atoms with Crippen LogP contribution in [0.5, 0.6) is 0 Å². The van der Waals surface area contributed by atoms with Crippen molar-refractivity contribution in [2.75, 3.05) is 0 Å². The molecule has 1 aromatic rings. The van der Waals surface area contributed by atoms with Crippen LogP contribution in [0.3, 0.4) is 0 Å². The Hall–Kier alpha value is -1.35. The van der Waals surface area contributed by atoms with Crippen LogP contribution in [0.4, 0.5) is 0 Å². The molecule has 3 heteroatoms. The van der Waals surface area contributed by atoms with Gasteiger partial charge in [-0.2, -0.15) is 0 Å². The molecular formula is C13H16O3. The van der Waals surface area contributed by atoms with E-state index < -0.39 is 17.5 Å². The van der Waals surface area contributed by atoms with Crippen molar-refractivity contribution in [3.8, 4) is 0 Å². The van der Waals surface area contributed by atoms with E-state index in [1.54, 1.807) is 0 Å². The standard InChI is InChI=1S/C13H16O3/c1-9-11(14)7-8-13(9,12(15)16)10-5-3-2-4-6-10/h2-6,9,11,14H,7-8H2,1H3,(H,15,16)/t9-,11-,13+/m0/s1. The number of rotatable bonds is 2. The minimum atomic E-state index is -0.916. The zero-order chi connectivity index (χ0) is 11.8. The Morgan fingerprint density at radius 2 is 2.00 bits per heavy atom. The highest BCUT2D eigenvalue weighted by atomic mass is 16.4. The normalized spacial score (nSPS) is 33.9. The van der Waals surface area contributed by atoms with Crippen LogP contribution in [0.2, 0.25) is 0 Å². The largest absolute Gasteiger partial charge is 0.481 e. The zero-order valence-corrected chi connectivity index (χ0v) is 9.26. The summed E-state index contributed by atoms with van der Waals surface area (Å²) in [5, 5.41) is 19.3. The van der Waals surface area contributed by atoms with Crippen molar-refractivity contribution in [2.45, 2.75) is 31.3 Å². The van der Waals surface area contributed by atoms with Gasteiger partial charge in [-0.3, -0.25) is 4.79 Å². The Morgan fingerprint density at radius 1 is 1.38 bits per heavy atom. The second-order valence-corrected chi connectivity index (χ2v) is 4.54. The van der Waals surface area contributed by atoms with Gasteiger partial charge in [0.25, 0.3) is 0 Å². The fourth-order valence-corrected chi connectivity index (χ4v) is 2.75. The molecule has 0 unspecified atom stereocenters. The predicted octanol–water partition coefficient (Wildman–Crippen LogP) is 1.80. The van der Waals surface area contributed by atoms with Crippen molar-refractivity contribution in [3.05, 3.63) is 35.9 Å². The highest BCUT2D eigenvalue weighted by molar-refractivity contribution is 5.82. The first-order valence-electron chi connectivity index (χ1n) is 5.56. The van der Waals surface area contributed by atoms with Crippen LogP contribution in [-0.2, 0) is 10.2 Å². The summed E-state index contributed by atoms with van der Waals surface area (Å²) in [7, 11) is 0. The van der Waals surface area contributed by atoms with Crippen LogP contribution >= 0.6 is 0 Å². The number of benzene rings is 1. The van der Waals surface area contributed by atoms with Gasteiger partial charge in [-0.1, -0.05) is 37.3 Å². The maximum atomic E-state index is 11.6. The van der Waals surface area contributed by atoms with Gasteiger partial charge in [0.05, 0.1) is 11.5 Å². The van der Waals surface area contributed by atoms with Gasteiger partial charge in [0.2, 0.25) is 0 Å². The molecular weight excluding hydrogens is 204 g/mol. The molecule has 1 fully saturated rings. The van der Waals surface area contributed by atoms with Crippen molar-refractivity contribution in [2.24, 2.45) is 5.92 Å². The predicted molar refractivity (Wildman–Crippen MR) is 60.2 cm³/mol. The van der Waals surface area contributed by atoms with E-state index in [1.807, 2.05) is 37.3 Å². The van der Waals surface area contributed by atoms with Crippen molar-refractivity contribution >= 4 is 5.97 Å². The van der Waals surface area contributed by atoms with Gasteiger partial charge in [-0.15, -0.1) is 0 Å². The molecule has 1 aliphatic carbocycles. The highest BCUT2D eigenvalue weighted by Gasteiger charge is 2.52.